The lowest BCUT2D eigenvalue weighted by Gasteiger charge is -2.18. The van der Waals surface area contributed by atoms with Crippen LogP contribution in [0.5, 0.6) is 5.75 Å². The molecule has 21 heavy (non-hydrogen) atoms. The van der Waals surface area contributed by atoms with E-state index in [4.69, 9.17) is 10.5 Å². The fraction of sp³-hybridized carbons (Fsp3) is 0.250. The fourth-order valence-electron chi connectivity index (χ4n) is 2.07. The summed E-state index contributed by atoms with van der Waals surface area (Å²) in [5.41, 5.74) is 8.55. The first-order valence-corrected chi connectivity index (χ1v) is 6.63. The van der Waals surface area contributed by atoms with E-state index >= 15 is 0 Å². The predicted molar refractivity (Wildman–Crippen MR) is 82.2 cm³/mol. The number of aromatic nitrogens is 1. The van der Waals surface area contributed by atoms with Crippen LogP contribution >= 0.6 is 0 Å². The number of rotatable bonds is 4. The van der Waals surface area contributed by atoms with E-state index in [0.29, 0.717) is 23.5 Å². The zero-order valence-electron chi connectivity index (χ0n) is 12.5. The average Bonchev–Trinajstić information content (AvgIpc) is 2.46. The molecular weight excluding hydrogens is 266 g/mol. The van der Waals surface area contributed by atoms with Crippen LogP contribution in [0, 0.1) is 6.92 Å². The topological polar surface area (TPSA) is 68.5 Å². The van der Waals surface area contributed by atoms with Crippen LogP contribution < -0.4 is 10.5 Å². The van der Waals surface area contributed by atoms with Gasteiger partial charge in [0.2, 0.25) is 0 Å². The lowest BCUT2D eigenvalue weighted by atomic mass is 10.1. The van der Waals surface area contributed by atoms with E-state index in [1.165, 1.54) is 0 Å². The highest BCUT2D eigenvalue weighted by molar-refractivity contribution is 5.99. The van der Waals surface area contributed by atoms with Crippen LogP contribution in [-0.2, 0) is 6.54 Å². The Hall–Kier alpha value is -2.56. The molecule has 0 saturated heterocycles. The van der Waals surface area contributed by atoms with Gasteiger partial charge in [0.05, 0.1) is 24.9 Å². The van der Waals surface area contributed by atoms with Gasteiger partial charge in [0.25, 0.3) is 5.91 Å². The number of nitrogens with two attached hydrogens (primary N) is 1. The van der Waals surface area contributed by atoms with Crippen LogP contribution in [0.1, 0.15) is 21.7 Å². The van der Waals surface area contributed by atoms with Crippen LogP contribution in [0.2, 0.25) is 0 Å². The van der Waals surface area contributed by atoms with E-state index in [2.05, 4.69) is 4.98 Å². The van der Waals surface area contributed by atoms with E-state index in [0.717, 1.165) is 11.4 Å². The number of methoxy groups -OCH3 is 1. The first kappa shape index (κ1) is 14.8. The molecule has 5 heteroatoms. The number of pyridine rings is 1. The van der Waals surface area contributed by atoms with Crippen molar-refractivity contribution in [2.75, 3.05) is 19.9 Å². The molecule has 0 bridgehead atoms. The van der Waals surface area contributed by atoms with Gasteiger partial charge in [-0.25, -0.2) is 0 Å². The second kappa shape index (κ2) is 6.26. The molecule has 0 saturated carbocycles. The summed E-state index contributed by atoms with van der Waals surface area (Å²) in [4.78, 5) is 18.4. The van der Waals surface area contributed by atoms with Crippen LogP contribution in [0.4, 0.5) is 5.69 Å². The highest BCUT2D eigenvalue weighted by Crippen LogP contribution is 2.21. The summed E-state index contributed by atoms with van der Waals surface area (Å²) in [6, 6.07) is 10.8. The van der Waals surface area contributed by atoms with Gasteiger partial charge in [-0.1, -0.05) is 6.07 Å². The molecule has 110 valence electrons. The number of anilines is 1. The molecule has 0 aliphatic carbocycles. The van der Waals surface area contributed by atoms with Gasteiger partial charge in [-0.2, -0.15) is 0 Å². The summed E-state index contributed by atoms with van der Waals surface area (Å²) in [6.07, 6.45) is 0. The molecule has 1 amide bonds. The molecule has 2 aromatic rings. The molecular formula is C16H19N3O2. The van der Waals surface area contributed by atoms with Gasteiger partial charge in [-0.05, 0) is 31.2 Å². The number of aryl methyl sites for hydroxylation is 1. The SMILES string of the molecule is COc1ccc(C(=O)N(C)Cc2cccc(C)n2)c(N)c1. The van der Waals surface area contributed by atoms with Crippen LogP contribution in [-0.4, -0.2) is 29.9 Å². The van der Waals surface area contributed by atoms with E-state index in [-0.39, 0.29) is 5.91 Å². The number of benzene rings is 1. The summed E-state index contributed by atoms with van der Waals surface area (Å²) in [5.74, 6) is 0.491. The Morgan fingerprint density at radius 1 is 1.33 bits per heavy atom. The van der Waals surface area contributed by atoms with E-state index < -0.39 is 0 Å². The van der Waals surface area contributed by atoms with Gasteiger partial charge < -0.3 is 15.4 Å². The minimum atomic E-state index is -0.140. The Morgan fingerprint density at radius 3 is 2.71 bits per heavy atom. The lowest BCUT2D eigenvalue weighted by molar-refractivity contribution is 0.0784. The minimum absolute atomic E-state index is 0.140. The molecule has 0 spiro atoms. The second-order valence-corrected chi connectivity index (χ2v) is 4.88. The van der Waals surface area contributed by atoms with Crippen molar-refractivity contribution in [1.82, 2.24) is 9.88 Å². The zero-order chi connectivity index (χ0) is 15.4. The van der Waals surface area contributed by atoms with Crippen molar-refractivity contribution >= 4 is 11.6 Å². The second-order valence-electron chi connectivity index (χ2n) is 4.88. The molecule has 0 aliphatic heterocycles. The third kappa shape index (κ3) is 3.51. The Kier molecular flexibility index (Phi) is 4.42. The molecule has 0 atom stereocenters. The largest absolute Gasteiger partial charge is 0.497 e. The number of amides is 1. The molecule has 0 fully saturated rings. The van der Waals surface area contributed by atoms with E-state index in [9.17, 15) is 4.79 Å². The Morgan fingerprint density at radius 2 is 2.10 bits per heavy atom. The predicted octanol–water partition coefficient (Wildman–Crippen LogP) is 2.25. The normalized spacial score (nSPS) is 10.2. The third-order valence-corrected chi connectivity index (χ3v) is 3.18. The van der Waals surface area contributed by atoms with Gasteiger partial charge in [-0.15, -0.1) is 0 Å². The molecule has 0 radical (unpaired) electrons. The molecule has 1 aromatic heterocycles. The zero-order valence-corrected chi connectivity index (χ0v) is 12.5. The average molecular weight is 285 g/mol. The summed E-state index contributed by atoms with van der Waals surface area (Å²) < 4.78 is 5.08. The Labute approximate surface area is 124 Å². The van der Waals surface area contributed by atoms with Crippen LogP contribution in [0.15, 0.2) is 36.4 Å². The number of nitrogen functional groups attached to an aromatic ring is 1. The number of hydrogen-bond acceptors (Lipinski definition) is 4. The number of ether oxygens (including phenoxy) is 1. The van der Waals surface area contributed by atoms with Crippen molar-refractivity contribution in [3.8, 4) is 5.75 Å². The van der Waals surface area contributed by atoms with Crippen molar-refractivity contribution in [3.05, 3.63) is 53.3 Å². The smallest absolute Gasteiger partial charge is 0.256 e. The quantitative estimate of drug-likeness (QED) is 0.875. The van der Waals surface area contributed by atoms with E-state index in [1.807, 2.05) is 25.1 Å². The molecule has 5 nitrogen and oxygen atoms in total. The van der Waals surface area contributed by atoms with Crippen LogP contribution in [0.3, 0.4) is 0 Å². The van der Waals surface area contributed by atoms with Gasteiger partial charge >= 0.3 is 0 Å². The number of carbonyl (C=O) groups excluding carboxylic acids is 1. The maximum absolute atomic E-state index is 12.4. The summed E-state index contributed by atoms with van der Waals surface area (Å²) in [5, 5.41) is 0. The maximum Gasteiger partial charge on any atom is 0.256 e. The molecule has 1 aromatic carbocycles. The number of carbonyl (C=O) groups is 1. The Bertz CT molecular complexity index is 656. The van der Waals surface area contributed by atoms with Crippen molar-refractivity contribution in [3.63, 3.8) is 0 Å². The van der Waals surface area contributed by atoms with Crippen molar-refractivity contribution in [2.24, 2.45) is 0 Å². The van der Waals surface area contributed by atoms with Gasteiger partial charge in [0.15, 0.2) is 0 Å². The summed E-state index contributed by atoms with van der Waals surface area (Å²) in [7, 11) is 3.29. The summed E-state index contributed by atoms with van der Waals surface area (Å²) >= 11 is 0. The van der Waals surface area contributed by atoms with Crippen molar-refractivity contribution in [1.29, 1.82) is 0 Å². The standard InChI is InChI=1S/C16H19N3O2/c1-11-5-4-6-12(18-11)10-19(2)16(20)14-8-7-13(21-3)9-15(14)17/h4-9H,10,17H2,1-3H3. The number of hydrogen-bond donors (Lipinski definition) is 1. The first-order chi connectivity index (χ1) is 10.0. The fourth-order valence-corrected chi connectivity index (χ4v) is 2.07. The summed E-state index contributed by atoms with van der Waals surface area (Å²) in [6.45, 7) is 2.36. The number of nitrogens with zero attached hydrogens (tertiary/aromatic N) is 2. The highest BCUT2D eigenvalue weighted by Gasteiger charge is 2.16. The van der Waals surface area contributed by atoms with Crippen molar-refractivity contribution < 1.29 is 9.53 Å². The molecule has 2 N–H and O–H groups in total. The van der Waals surface area contributed by atoms with Crippen molar-refractivity contribution in [2.45, 2.75) is 13.5 Å². The Balaban J connectivity index is 2.15. The van der Waals surface area contributed by atoms with Gasteiger partial charge in [-0.3, -0.25) is 9.78 Å². The molecule has 2 rings (SSSR count). The van der Waals surface area contributed by atoms with Gasteiger partial charge in [0, 0.05) is 24.5 Å². The molecule has 0 aliphatic rings. The maximum atomic E-state index is 12.4. The lowest BCUT2D eigenvalue weighted by Crippen LogP contribution is -2.27. The molecule has 0 unspecified atom stereocenters. The highest BCUT2D eigenvalue weighted by atomic mass is 16.5. The first-order valence-electron chi connectivity index (χ1n) is 6.63. The molecule has 1 heterocycles. The minimum Gasteiger partial charge on any atom is -0.497 e. The van der Waals surface area contributed by atoms with Crippen LogP contribution in [0.25, 0.3) is 0 Å². The van der Waals surface area contributed by atoms with E-state index in [1.54, 1.807) is 37.3 Å². The third-order valence-electron chi connectivity index (χ3n) is 3.18. The van der Waals surface area contributed by atoms with Gasteiger partial charge in [0.1, 0.15) is 5.75 Å². The monoisotopic (exact) mass is 285 g/mol.